The van der Waals surface area contributed by atoms with E-state index in [9.17, 15) is 4.79 Å². The predicted molar refractivity (Wildman–Crippen MR) is 117 cm³/mol. The first-order valence-corrected chi connectivity index (χ1v) is 10.7. The topological polar surface area (TPSA) is 38.3 Å². The minimum Gasteiger partial charge on any atom is -0.460 e. The number of nitrogens with one attached hydrogen (secondary N) is 1. The standard InChI is InChI=1S/C25H35NO2/c1-5-11-20(12-6-2)23(7-3)28-25(27)24(21-13-9-8-10-14-21)26-22-17-15-19(4)16-18-22/h8-10,13-18,20,23-24,26H,5-7,11-12H2,1-4H3/t23-,24?/m0/s1. The Morgan fingerprint density at radius 1 is 0.929 bits per heavy atom. The molecule has 3 nitrogen and oxygen atoms in total. The zero-order chi connectivity index (χ0) is 20.4. The van der Waals surface area contributed by atoms with E-state index in [1.165, 1.54) is 5.56 Å². The van der Waals surface area contributed by atoms with Gasteiger partial charge in [-0.15, -0.1) is 0 Å². The van der Waals surface area contributed by atoms with Crippen LogP contribution in [0.15, 0.2) is 54.6 Å². The Hall–Kier alpha value is -2.29. The van der Waals surface area contributed by atoms with Crippen LogP contribution in [0.25, 0.3) is 0 Å². The highest BCUT2D eigenvalue weighted by molar-refractivity contribution is 5.81. The fourth-order valence-corrected chi connectivity index (χ4v) is 3.73. The second kappa shape index (κ2) is 11.5. The Kier molecular flexibility index (Phi) is 9.06. The fourth-order valence-electron chi connectivity index (χ4n) is 3.73. The normalized spacial score (nSPS) is 13.2. The van der Waals surface area contributed by atoms with Gasteiger partial charge in [0.05, 0.1) is 0 Å². The largest absolute Gasteiger partial charge is 0.460 e. The molecule has 0 fully saturated rings. The number of carbonyl (C=O) groups excluding carboxylic acids is 1. The summed E-state index contributed by atoms with van der Waals surface area (Å²) in [4.78, 5) is 13.2. The number of anilines is 1. The highest BCUT2D eigenvalue weighted by Crippen LogP contribution is 2.27. The third-order valence-electron chi connectivity index (χ3n) is 5.25. The molecule has 0 aliphatic carbocycles. The van der Waals surface area contributed by atoms with Gasteiger partial charge in [0.25, 0.3) is 0 Å². The van der Waals surface area contributed by atoms with Crippen molar-refractivity contribution in [3.05, 3.63) is 65.7 Å². The average Bonchev–Trinajstić information content (AvgIpc) is 2.72. The van der Waals surface area contributed by atoms with Gasteiger partial charge in [-0.2, -0.15) is 0 Å². The molecule has 0 saturated carbocycles. The molecule has 0 radical (unpaired) electrons. The van der Waals surface area contributed by atoms with Gasteiger partial charge in [0.1, 0.15) is 6.10 Å². The Morgan fingerprint density at radius 3 is 2.07 bits per heavy atom. The van der Waals surface area contributed by atoms with Gasteiger partial charge in [0.2, 0.25) is 0 Å². The lowest BCUT2D eigenvalue weighted by molar-refractivity contribution is -0.153. The highest BCUT2D eigenvalue weighted by Gasteiger charge is 2.28. The lowest BCUT2D eigenvalue weighted by atomic mass is 9.91. The zero-order valence-corrected chi connectivity index (χ0v) is 17.8. The molecule has 2 atom stereocenters. The van der Waals surface area contributed by atoms with Crippen LogP contribution in [0, 0.1) is 12.8 Å². The van der Waals surface area contributed by atoms with Crippen molar-refractivity contribution in [3.63, 3.8) is 0 Å². The third kappa shape index (κ3) is 6.40. The Labute approximate surface area is 170 Å². The molecule has 0 spiro atoms. The molecule has 2 aromatic rings. The van der Waals surface area contributed by atoms with E-state index >= 15 is 0 Å². The maximum Gasteiger partial charge on any atom is 0.333 e. The molecule has 0 aliphatic heterocycles. The minimum atomic E-state index is -0.512. The number of rotatable bonds is 11. The highest BCUT2D eigenvalue weighted by atomic mass is 16.5. The van der Waals surface area contributed by atoms with Crippen LogP contribution in [0.3, 0.4) is 0 Å². The summed E-state index contributed by atoms with van der Waals surface area (Å²) >= 11 is 0. The van der Waals surface area contributed by atoms with E-state index in [0.717, 1.165) is 43.4 Å². The molecule has 1 unspecified atom stereocenters. The Morgan fingerprint density at radius 2 is 1.54 bits per heavy atom. The molecule has 0 saturated heterocycles. The quantitative estimate of drug-likeness (QED) is 0.441. The smallest absolute Gasteiger partial charge is 0.333 e. The van der Waals surface area contributed by atoms with Crippen LogP contribution in [-0.4, -0.2) is 12.1 Å². The molecule has 0 bridgehead atoms. The van der Waals surface area contributed by atoms with Gasteiger partial charge in [-0.1, -0.05) is 81.6 Å². The van der Waals surface area contributed by atoms with E-state index < -0.39 is 6.04 Å². The molecule has 28 heavy (non-hydrogen) atoms. The van der Waals surface area contributed by atoms with Crippen molar-refractivity contribution in [1.29, 1.82) is 0 Å². The summed E-state index contributed by atoms with van der Waals surface area (Å²) in [7, 11) is 0. The lowest BCUT2D eigenvalue weighted by Crippen LogP contribution is -2.31. The number of hydrogen-bond donors (Lipinski definition) is 1. The van der Waals surface area contributed by atoms with Crippen molar-refractivity contribution in [2.75, 3.05) is 5.32 Å². The predicted octanol–water partition coefficient (Wildman–Crippen LogP) is 6.69. The molecule has 0 aliphatic rings. The Bertz CT molecular complexity index is 690. The van der Waals surface area contributed by atoms with Crippen LogP contribution in [0.5, 0.6) is 0 Å². The first-order valence-electron chi connectivity index (χ1n) is 10.7. The van der Waals surface area contributed by atoms with Crippen molar-refractivity contribution < 1.29 is 9.53 Å². The summed E-state index contributed by atoms with van der Waals surface area (Å²) in [5, 5.41) is 3.38. The van der Waals surface area contributed by atoms with Gasteiger partial charge in [0, 0.05) is 5.69 Å². The van der Waals surface area contributed by atoms with Gasteiger partial charge >= 0.3 is 5.97 Å². The first-order chi connectivity index (χ1) is 13.6. The molecule has 0 amide bonds. The summed E-state index contributed by atoms with van der Waals surface area (Å²) in [6.45, 7) is 8.56. The van der Waals surface area contributed by atoms with E-state index in [-0.39, 0.29) is 12.1 Å². The van der Waals surface area contributed by atoms with Gasteiger partial charge in [-0.3, -0.25) is 0 Å². The second-order valence-corrected chi connectivity index (χ2v) is 7.58. The van der Waals surface area contributed by atoms with Crippen LogP contribution < -0.4 is 5.32 Å². The molecule has 0 heterocycles. The van der Waals surface area contributed by atoms with Gasteiger partial charge in [0.15, 0.2) is 6.04 Å². The number of carbonyl (C=O) groups is 1. The van der Waals surface area contributed by atoms with Crippen molar-refractivity contribution in [2.24, 2.45) is 5.92 Å². The van der Waals surface area contributed by atoms with E-state index in [1.54, 1.807) is 0 Å². The second-order valence-electron chi connectivity index (χ2n) is 7.58. The van der Waals surface area contributed by atoms with Gasteiger partial charge in [-0.05, 0) is 49.8 Å². The van der Waals surface area contributed by atoms with E-state index in [4.69, 9.17) is 4.74 Å². The van der Waals surface area contributed by atoms with E-state index in [2.05, 4.69) is 33.0 Å². The molecular weight excluding hydrogens is 346 g/mol. The maximum absolute atomic E-state index is 13.2. The van der Waals surface area contributed by atoms with Crippen molar-refractivity contribution in [1.82, 2.24) is 0 Å². The maximum atomic E-state index is 13.2. The summed E-state index contributed by atoms with van der Waals surface area (Å²) in [6, 6.07) is 17.4. The van der Waals surface area contributed by atoms with Crippen molar-refractivity contribution >= 4 is 11.7 Å². The third-order valence-corrected chi connectivity index (χ3v) is 5.25. The number of aryl methyl sites for hydroxylation is 1. The lowest BCUT2D eigenvalue weighted by Gasteiger charge is -2.28. The van der Waals surface area contributed by atoms with Crippen molar-refractivity contribution in [3.8, 4) is 0 Å². The number of hydrogen-bond acceptors (Lipinski definition) is 3. The molecule has 0 aromatic heterocycles. The molecule has 152 valence electrons. The Balaban J connectivity index is 2.21. The van der Waals surface area contributed by atoms with Crippen molar-refractivity contribution in [2.45, 2.75) is 71.9 Å². The van der Waals surface area contributed by atoms with Gasteiger partial charge in [-0.25, -0.2) is 4.79 Å². The molecule has 2 aromatic carbocycles. The van der Waals surface area contributed by atoms with Crippen LogP contribution in [-0.2, 0) is 9.53 Å². The number of benzene rings is 2. The average molecular weight is 382 g/mol. The molecule has 1 N–H and O–H groups in total. The monoisotopic (exact) mass is 381 g/mol. The minimum absolute atomic E-state index is 0.0292. The zero-order valence-electron chi connectivity index (χ0n) is 17.8. The van der Waals surface area contributed by atoms with E-state index in [1.807, 2.05) is 54.6 Å². The molecule has 3 heteroatoms. The summed E-state index contributed by atoms with van der Waals surface area (Å²) in [6.07, 6.45) is 5.24. The SMILES string of the molecule is CCCC(CCC)[C@H](CC)OC(=O)C(Nc1ccc(C)cc1)c1ccccc1. The summed E-state index contributed by atoms with van der Waals surface area (Å²) < 4.78 is 6.08. The van der Waals surface area contributed by atoms with Crippen LogP contribution >= 0.6 is 0 Å². The molecule has 2 rings (SSSR count). The van der Waals surface area contributed by atoms with Crippen LogP contribution in [0.1, 0.15) is 70.0 Å². The number of esters is 1. The van der Waals surface area contributed by atoms with E-state index in [0.29, 0.717) is 5.92 Å². The fraction of sp³-hybridized carbons (Fsp3) is 0.480. The molecular formula is C25H35NO2. The van der Waals surface area contributed by atoms with Gasteiger partial charge < -0.3 is 10.1 Å². The van der Waals surface area contributed by atoms with Crippen LogP contribution in [0.4, 0.5) is 5.69 Å². The summed E-state index contributed by atoms with van der Waals surface area (Å²) in [5.74, 6) is 0.232. The summed E-state index contributed by atoms with van der Waals surface area (Å²) in [5.41, 5.74) is 3.03. The van der Waals surface area contributed by atoms with Crippen LogP contribution in [0.2, 0.25) is 0 Å². The number of ether oxygens (including phenoxy) is 1. The first kappa shape index (κ1) is 22.0.